The van der Waals surface area contributed by atoms with E-state index in [2.05, 4.69) is 12.1 Å². The van der Waals surface area contributed by atoms with E-state index >= 15 is 0 Å². The van der Waals surface area contributed by atoms with E-state index < -0.39 is 0 Å². The molecule has 1 atom stereocenters. The number of aromatic hydroxyl groups is 1. The molecule has 1 amide bonds. The first-order valence-electron chi connectivity index (χ1n) is 8.30. The van der Waals surface area contributed by atoms with E-state index in [-0.39, 0.29) is 17.6 Å². The maximum absolute atomic E-state index is 12.9. The molecule has 120 valence electrons. The molecule has 3 aromatic carbocycles. The zero-order valence-corrected chi connectivity index (χ0v) is 13.4. The topological polar surface area (TPSA) is 40.5 Å². The summed E-state index contributed by atoms with van der Waals surface area (Å²) in [5.41, 5.74) is 1.83. The number of carbonyl (C=O) groups is 1. The lowest BCUT2D eigenvalue weighted by molar-refractivity contribution is -0.120. The minimum absolute atomic E-state index is 0.0224. The van der Waals surface area contributed by atoms with E-state index in [0.717, 1.165) is 23.6 Å². The first-order chi connectivity index (χ1) is 11.7. The lowest BCUT2D eigenvalue weighted by Crippen LogP contribution is -2.28. The Bertz CT molecular complexity index is 889. The van der Waals surface area contributed by atoms with E-state index in [1.54, 1.807) is 11.0 Å². The predicted molar refractivity (Wildman–Crippen MR) is 96.2 cm³/mol. The average molecular weight is 317 g/mol. The van der Waals surface area contributed by atoms with Gasteiger partial charge in [0.05, 0.1) is 5.69 Å². The summed E-state index contributed by atoms with van der Waals surface area (Å²) in [6.45, 7) is 0.651. The van der Waals surface area contributed by atoms with Crippen LogP contribution in [-0.2, 0) is 11.2 Å². The van der Waals surface area contributed by atoms with Gasteiger partial charge >= 0.3 is 0 Å². The van der Waals surface area contributed by atoms with E-state index in [1.165, 1.54) is 5.56 Å². The van der Waals surface area contributed by atoms with Crippen LogP contribution in [0.2, 0.25) is 0 Å². The fourth-order valence-corrected chi connectivity index (χ4v) is 3.58. The molecular weight excluding hydrogens is 298 g/mol. The van der Waals surface area contributed by atoms with Crippen LogP contribution in [0.4, 0.5) is 5.69 Å². The molecule has 3 heteroatoms. The number of amides is 1. The Morgan fingerprint density at radius 1 is 0.958 bits per heavy atom. The number of hydrogen-bond acceptors (Lipinski definition) is 2. The molecule has 1 N–H and O–H groups in total. The number of fused-ring (bicyclic) bond motifs is 1. The normalized spacial score (nSPS) is 17.6. The molecule has 1 aliphatic rings. The van der Waals surface area contributed by atoms with E-state index in [4.69, 9.17) is 0 Å². The third-order valence-corrected chi connectivity index (χ3v) is 4.79. The summed E-state index contributed by atoms with van der Waals surface area (Å²) < 4.78 is 0. The van der Waals surface area contributed by atoms with Crippen molar-refractivity contribution < 1.29 is 9.90 Å². The summed E-state index contributed by atoms with van der Waals surface area (Å²) in [6.07, 6.45) is 1.57. The van der Waals surface area contributed by atoms with Crippen LogP contribution in [-0.4, -0.2) is 17.6 Å². The van der Waals surface area contributed by atoms with Crippen LogP contribution >= 0.6 is 0 Å². The van der Waals surface area contributed by atoms with Crippen LogP contribution in [0.3, 0.4) is 0 Å². The standard InChI is InChI=1S/C21H19NO2/c23-19-11-10-16-8-4-5-9-18(16)20(19)22-13-12-17(21(22)24)14-15-6-2-1-3-7-15/h1-11,17,23H,12-14H2. The molecule has 0 aromatic heterocycles. The Morgan fingerprint density at radius 2 is 1.71 bits per heavy atom. The second-order valence-electron chi connectivity index (χ2n) is 6.32. The van der Waals surface area contributed by atoms with Crippen LogP contribution in [0.5, 0.6) is 5.75 Å². The van der Waals surface area contributed by atoms with Crippen molar-refractivity contribution in [2.75, 3.05) is 11.4 Å². The van der Waals surface area contributed by atoms with Gasteiger partial charge in [-0.1, -0.05) is 60.7 Å². The fourth-order valence-electron chi connectivity index (χ4n) is 3.58. The first kappa shape index (κ1) is 14.8. The first-order valence-corrected chi connectivity index (χ1v) is 8.30. The number of hydrogen-bond donors (Lipinski definition) is 1. The minimum Gasteiger partial charge on any atom is -0.506 e. The molecule has 0 bridgehead atoms. The highest BCUT2D eigenvalue weighted by molar-refractivity contribution is 6.07. The molecule has 1 heterocycles. The van der Waals surface area contributed by atoms with E-state index in [0.29, 0.717) is 12.2 Å². The third-order valence-electron chi connectivity index (χ3n) is 4.79. The number of phenols is 1. The van der Waals surface area contributed by atoms with Crippen molar-refractivity contribution in [3.63, 3.8) is 0 Å². The van der Waals surface area contributed by atoms with Crippen LogP contribution in [0.15, 0.2) is 66.7 Å². The van der Waals surface area contributed by atoms with Gasteiger partial charge < -0.3 is 10.0 Å². The maximum Gasteiger partial charge on any atom is 0.230 e. The molecule has 0 saturated carbocycles. The zero-order chi connectivity index (χ0) is 16.5. The Morgan fingerprint density at radius 3 is 2.54 bits per heavy atom. The van der Waals surface area contributed by atoms with Gasteiger partial charge in [-0.15, -0.1) is 0 Å². The van der Waals surface area contributed by atoms with Crippen molar-refractivity contribution >= 4 is 22.4 Å². The number of benzene rings is 3. The number of anilines is 1. The summed E-state index contributed by atoms with van der Waals surface area (Å²) in [4.78, 5) is 14.7. The smallest absolute Gasteiger partial charge is 0.230 e. The molecule has 4 rings (SSSR count). The SMILES string of the molecule is O=C1C(Cc2ccccc2)CCN1c1c(O)ccc2ccccc12. The highest BCUT2D eigenvalue weighted by atomic mass is 16.3. The van der Waals surface area contributed by atoms with Crippen molar-refractivity contribution in [3.8, 4) is 5.75 Å². The lowest BCUT2D eigenvalue weighted by atomic mass is 9.98. The van der Waals surface area contributed by atoms with Gasteiger partial charge in [0, 0.05) is 17.8 Å². The number of nitrogens with zero attached hydrogens (tertiary/aromatic N) is 1. The van der Waals surface area contributed by atoms with Crippen LogP contribution in [0.25, 0.3) is 10.8 Å². The Kier molecular flexibility index (Phi) is 3.69. The van der Waals surface area contributed by atoms with Crippen LogP contribution in [0.1, 0.15) is 12.0 Å². The fraction of sp³-hybridized carbons (Fsp3) is 0.190. The van der Waals surface area contributed by atoms with Gasteiger partial charge in [-0.2, -0.15) is 0 Å². The minimum atomic E-state index is -0.0224. The van der Waals surface area contributed by atoms with Gasteiger partial charge in [-0.05, 0) is 29.9 Å². The largest absolute Gasteiger partial charge is 0.506 e. The summed E-state index contributed by atoms with van der Waals surface area (Å²) in [7, 11) is 0. The number of rotatable bonds is 3. The third kappa shape index (κ3) is 2.52. The zero-order valence-electron chi connectivity index (χ0n) is 13.4. The maximum atomic E-state index is 12.9. The van der Waals surface area contributed by atoms with Crippen molar-refractivity contribution in [1.29, 1.82) is 0 Å². The monoisotopic (exact) mass is 317 g/mol. The van der Waals surface area contributed by atoms with Crippen molar-refractivity contribution in [2.24, 2.45) is 5.92 Å². The summed E-state index contributed by atoms with van der Waals surface area (Å²) in [5, 5.41) is 12.3. The summed E-state index contributed by atoms with van der Waals surface area (Å²) in [6, 6.07) is 21.5. The van der Waals surface area contributed by atoms with Crippen molar-refractivity contribution in [1.82, 2.24) is 0 Å². The number of carbonyl (C=O) groups excluding carboxylic acids is 1. The van der Waals surface area contributed by atoms with Gasteiger partial charge in [-0.3, -0.25) is 4.79 Å². The second-order valence-corrected chi connectivity index (χ2v) is 6.32. The molecule has 3 aromatic rings. The van der Waals surface area contributed by atoms with Gasteiger partial charge in [0.2, 0.25) is 5.91 Å². The van der Waals surface area contributed by atoms with Crippen molar-refractivity contribution in [3.05, 3.63) is 72.3 Å². The summed E-state index contributed by atoms with van der Waals surface area (Å²) >= 11 is 0. The van der Waals surface area contributed by atoms with E-state index in [1.807, 2.05) is 48.5 Å². The summed E-state index contributed by atoms with van der Waals surface area (Å²) in [5.74, 6) is 0.249. The molecule has 0 radical (unpaired) electrons. The Balaban J connectivity index is 1.67. The molecule has 1 unspecified atom stereocenters. The van der Waals surface area contributed by atoms with Gasteiger partial charge in [0.1, 0.15) is 5.75 Å². The van der Waals surface area contributed by atoms with Gasteiger partial charge in [0.15, 0.2) is 0 Å². The van der Waals surface area contributed by atoms with Gasteiger partial charge in [-0.25, -0.2) is 0 Å². The van der Waals surface area contributed by atoms with Crippen molar-refractivity contribution in [2.45, 2.75) is 12.8 Å². The quantitative estimate of drug-likeness (QED) is 0.788. The molecular formula is C21H19NO2. The Hall–Kier alpha value is -2.81. The molecule has 1 saturated heterocycles. The molecule has 0 aliphatic carbocycles. The van der Waals surface area contributed by atoms with E-state index in [9.17, 15) is 9.90 Å². The molecule has 3 nitrogen and oxygen atoms in total. The average Bonchev–Trinajstić information content (AvgIpc) is 2.96. The molecule has 24 heavy (non-hydrogen) atoms. The van der Waals surface area contributed by atoms with Crippen LogP contribution < -0.4 is 4.90 Å². The Labute approximate surface area is 141 Å². The number of phenolic OH excluding ortho intramolecular Hbond substituents is 1. The van der Waals surface area contributed by atoms with Gasteiger partial charge in [0.25, 0.3) is 0 Å². The predicted octanol–water partition coefficient (Wildman–Crippen LogP) is 4.14. The molecule has 1 aliphatic heterocycles. The van der Waals surface area contributed by atoms with Crippen LogP contribution in [0, 0.1) is 5.92 Å². The highest BCUT2D eigenvalue weighted by Gasteiger charge is 2.34. The highest BCUT2D eigenvalue weighted by Crippen LogP contribution is 2.39. The lowest BCUT2D eigenvalue weighted by Gasteiger charge is -2.20. The second kappa shape index (κ2) is 6.00. The molecule has 1 fully saturated rings. The molecule has 0 spiro atoms.